The minimum absolute atomic E-state index is 0.228. The van der Waals surface area contributed by atoms with Gasteiger partial charge in [0, 0.05) is 11.0 Å². The molecule has 2 aromatic rings. The monoisotopic (exact) mass is 343 g/mol. The molecule has 0 aliphatic carbocycles. The molecule has 0 aromatic heterocycles. The molecule has 0 bridgehead atoms. The maximum atomic E-state index is 13.2. The van der Waals surface area contributed by atoms with Gasteiger partial charge in [0.05, 0.1) is 5.02 Å². The summed E-state index contributed by atoms with van der Waals surface area (Å²) in [4.78, 5) is 0. The number of benzene rings is 2. The van der Waals surface area contributed by atoms with Crippen molar-refractivity contribution in [3.63, 3.8) is 0 Å². The van der Waals surface area contributed by atoms with Crippen LogP contribution in [0, 0.1) is 5.82 Å². The van der Waals surface area contributed by atoms with Gasteiger partial charge in [-0.25, -0.2) is 4.39 Å². The lowest BCUT2D eigenvalue weighted by Gasteiger charge is -2.19. The number of ether oxygens (including phenoxy) is 1. The molecule has 0 aliphatic heterocycles. The largest absolute Gasteiger partial charge is 0.483 e. The lowest BCUT2D eigenvalue weighted by atomic mass is 10.1. The van der Waals surface area contributed by atoms with Gasteiger partial charge in [-0.05, 0) is 35.9 Å². The van der Waals surface area contributed by atoms with Gasteiger partial charge in [-0.1, -0.05) is 39.7 Å². The molecular formula is C14H12BrClFNO. The van der Waals surface area contributed by atoms with Gasteiger partial charge in [-0.15, -0.1) is 0 Å². The fraction of sp³-hybridized carbons (Fsp3) is 0.143. The Morgan fingerprint density at radius 2 is 2.05 bits per heavy atom. The third kappa shape index (κ3) is 3.69. The molecule has 2 rings (SSSR count). The maximum absolute atomic E-state index is 13.2. The van der Waals surface area contributed by atoms with Gasteiger partial charge in [-0.3, -0.25) is 0 Å². The molecule has 2 N–H and O–H groups in total. The van der Waals surface area contributed by atoms with E-state index in [1.54, 1.807) is 24.3 Å². The van der Waals surface area contributed by atoms with Crippen molar-refractivity contribution in [1.29, 1.82) is 0 Å². The van der Waals surface area contributed by atoms with Crippen LogP contribution in [0.2, 0.25) is 5.02 Å². The molecule has 0 saturated carbocycles. The van der Waals surface area contributed by atoms with Crippen molar-refractivity contribution in [3.05, 3.63) is 63.3 Å². The summed E-state index contributed by atoms with van der Waals surface area (Å²) in [6, 6.07) is 11.5. The van der Waals surface area contributed by atoms with E-state index in [0.717, 1.165) is 4.47 Å². The summed E-state index contributed by atoms with van der Waals surface area (Å²) in [7, 11) is 0. The highest BCUT2D eigenvalue weighted by molar-refractivity contribution is 9.10. The predicted octanol–water partition coefficient (Wildman–Crippen LogP) is 4.32. The smallest absolute Gasteiger partial charge is 0.140 e. The second kappa shape index (κ2) is 6.37. The van der Waals surface area contributed by atoms with Gasteiger partial charge >= 0.3 is 0 Å². The van der Waals surface area contributed by atoms with E-state index in [-0.39, 0.29) is 12.4 Å². The summed E-state index contributed by atoms with van der Waals surface area (Å²) in [5, 5.41) is 0.484. The van der Waals surface area contributed by atoms with Crippen molar-refractivity contribution in [2.75, 3.05) is 6.54 Å². The van der Waals surface area contributed by atoms with Gasteiger partial charge < -0.3 is 10.5 Å². The topological polar surface area (TPSA) is 35.2 Å². The Morgan fingerprint density at radius 1 is 1.26 bits per heavy atom. The van der Waals surface area contributed by atoms with Crippen molar-refractivity contribution >= 4 is 27.5 Å². The molecular weight excluding hydrogens is 333 g/mol. The Kier molecular flexibility index (Phi) is 4.80. The normalized spacial score (nSPS) is 12.2. The molecule has 0 amide bonds. The van der Waals surface area contributed by atoms with E-state index in [4.69, 9.17) is 22.1 Å². The van der Waals surface area contributed by atoms with Gasteiger partial charge in [0.2, 0.25) is 0 Å². The summed E-state index contributed by atoms with van der Waals surface area (Å²) in [5.74, 6) is 0.190. The lowest BCUT2D eigenvalue weighted by Crippen LogP contribution is -2.18. The van der Waals surface area contributed by atoms with Crippen molar-refractivity contribution in [2.45, 2.75) is 6.10 Å². The van der Waals surface area contributed by atoms with Crippen LogP contribution in [0.1, 0.15) is 11.7 Å². The zero-order valence-electron chi connectivity index (χ0n) is 9.95. The Balaban J connectivity index is 2.26. The maximum Gasteiger partial charge on any atom is 0.140 e. The average molecular weight is 345 g/mol. The first-order valence-electron chi connectivity index (χ1n) is 5.67. The lowest BCUT2D eigenvalue weighted by molar-refractivity contribution is 0.214. The van der Waals surface area contributed by atoms with E-state index in [2.05, 4.69) is 15.9 Å². The van der Waals surface area contributed by atoms with Crippen LogP contribution in [0.4, 0.5) is 4.39 Å². The third-order valence-corrected chi connectivity index (χ3v) is 3.40. The molecule has 0 spiro atoms. The average Bonchev–Trinajstić information content (AvgIpc) is 2.39. The highest BCUT2D eigenvalue weighted by atomic mass is 79.9. The Labute approximate surface area is 124 Å². The number of halogens is 3. The first-order chi connectivity index (χ1) is 9.10. The van der Waals surface area contributed by atoms with Gasteiger partial charge in [0.15, 0.2) is 0 Å². The molecule has 0 radical (unpaired) electrons. The molecule has 0 aliphatic rings. The summed E-state index contributed by atoms with van der Waals surface area (Å²) >= 11 is 9.40. The Hall–Kier alpha value is -1.10. The van der Waals surface area contributed by atoms with Gasteiger partial charge in [0.1, 0.15) is 17.7 Å². The van der Waals surface area contributed by atoms with Crippen LogP contribution in [0.3, 0.4) is 0 Å². The van der Waals surface area contributed by atoms with Crippen LogP contribution in [0.25, 0.3) is 0 Å². The van der Waals surface area contributed by atoms with Crippen LogP contribution in [0.5, 0.6) is 5.75 Å². The first kappa shape index (κ1) is 14.3. The Bertz CT molecular complexity index is 579. The molecule has 2 nitrogen and oxygen atoms in total. The number of hydrogen-bond donors (Lipinski definition) is 1. The van der Waals surface area contributed by atoms with E-state index in [0.29, 0.717) is 16.3 Å². The van der Waals surface area contributed by atoms with E-state index >= 15 is 0 Å². The Morgan fingerprint density at radius 3 is 2.74 bits per heavy atom. The van der Waals surface area contributed by atoms with Crippen LogP contribution in [-0.2, 0) is 0 Å². The highest BCUT2D eigenvalue weighted by Crippen LogP contribution is 2.31. The molecule has 19 heavy (non-hydrogen) atoms. The van der Waals surface area contributed by atoms with E-state index in [1.807, 2.05) is 6.07 Å². The SMILES string of the molecule is NCC(Oc1cc(Br)ccc1Cl)c1cccc(F)c1. The summed E-state index contributed by atoms with van der Waals surface area (Å²) in [6.45, 7) is 0.228. The zero-order chi connectivity index (χ0) is 13.8. The summed E-state index contributed by atoms with van der Waals surface area (Å²) < 4.78 is 19.8. The van der Waals surface area contributed by atoms with Crippen LogP contribution < -0.4 is 10.5 Å². The minimum Gasteiger partial charge on any atom is -0.483 e. The van der Waals surface area contributed by atoms with Crippen molar-refractivity contribution in [1.82, 2.24) is 0 Å². The number of rotatable bonds is 4. The van der Waals surface area contributed by atoms with E-state index < -0.39 is 6.10 Å². The molecule has 0 heterocycles. The molecule has 5 heteroatoms. The fourth-order valence-electron chi connectivity index (χ4n) is 1.68. The molecule has 2 aromatic carbocycles. The number of nitrogens with two attached hydrogens (primary N) is 1. The van der Waals surface area contributed by atoms with Gasteiger partial charge in [0.25, 0.3) is 0 Å². The van der Waals surface area contributed by atoms with Crippen molar-refractivity contribution < 1.29 is 9.13 Å². The van der Waals surface area contributed by atoms with Gasteiger partial charge in [-0.2, -0.15) is 0 Å². The van der Waals surface area contributed by atoms with Crippen LogP contribution in [0.15, 0.2) is 46.9 Å². The van der Waals surface area contributed by atoms with Crippen molar-refractivity contribution in [2.24, 2.45) is 5.73 Å². The standard InChI is InChI=1S/C14H12BrClFNO/c15-10-4-5-12(16)13(7-10)19-14(8-18)9-2-1-3-11(17)6-9/h1-7,14H,8,18H2. The molecule has 1 atom stereocenters. The predicted molar refractivity (Wildman–Crippen MR) is 78.0 cm³/mol. The van der Waals surface area contributed by atoms with Crippen LogP contribution in [-0.4, -0.2) is 6.54 Å². The van der Waals surface area contributed by atoms with Crippen LogP contribution >= 0.6 is 27.5 Å². The highest BCUT2D eigenvalue weighted by Gasteiger charge is 2.14. The minimum atomic E-state index is -0.442. The third-order valence-electron chi connectivity index (χ3n) is 2.60. The zero-order valence-corrected chi connectivity index (χ0v) is 12.3. The molecule has 0 fully saturated rings. The van der Waals surface area contributed by atoms with Crippen molar-refractivity contribution in [3.8, 4) is 5.75 Å². The number of hydrogen-bond acceptors (Lipinski definition) is 2. The summed E-state index contributed by atoms with van der Waals surface area (Å²) in [6.07, 6.45) is -0.442. The van der Waals surface area contributed by atoms with E-state index in [9.17, 15) is 4.39 Å². The summed E-state index contributed by atoms with van der Waals surface area (Å²) in [5.41, 5.74) is 6.37. The first-order valence-corrected chi connectivity index (χ1v) is 6.84. The van der Waals surface area contributed by atoms with E-state index in [1.165, 1.54) is 12.1 Å². The second-order valence-corrected chi connectivity index (χ2v) is 5.29. The molecule has 0 saturated heterocycles. The molecule has 100 valence electrons. The quantitative estimate of drug-likeness (QED) is 0.896. The fourth-order valence-corrected chi connectivity index (χ4v) is 2.18. The molecule has 1 unspecified atom stereocenters. The second-order valence-electron chi connectivity index (χ2n) is 3.97.